The Labute approximate surface area is 162 Å². The number of carbonyl (C=O) groups is 1. The summed E-state index contributed by atoms with van der Waals surface area (Å²) in [5, 5.41) is 2.94. The number of benzene rings is 2. The van der Waals surface area contributed by atoms with Gasteiger partial charge < -0.3 is 5.32 Å². The van der Waals surface area contributed by atoms with Crippen molar-refractivity contribution in [2.75, 3.05) is 11.4 Å². The van der Waals surface area contributed by atoms with Crippen LogP contribution in [0.5, 0.6) is 0 Å². The van der Waals surface area contributed by atoms with E-state index in [1.54, 1.807) is 36.4 Å². The van der Waals surface area contributed by atoms with Gasteiger partial charge in [-0.1, -0.05) is 38.1 Å². The van der Waals surface area contributed by atoms with Crippen LogP contribution < -0.4 is 9.62 Å². The third-order valence-electron chi connectivity index (χ3n) is 4.43. The van der Waals surface area contributed by atoms with Crippen LogP contribution in [0.2, 0.25) is 0 Å². The van der Waals surface area contributed by atoms with Crippen LogP contribution >= 0.6 is 0 Å². The first-order valence-electron chi connectivity index (χ1n) is 9.16. The van der Waals surface area contributed by atoms with Gasteiger partial charge in [0.2, 0.25) is 0 Å². The molecule has 0 aliphatic carbocycles. The summed E-state index contributed by atoms with van der Waals surface area (Å²) in [7, 11) is -2.24. The topological polar surface area (TPSA) is 66.5 Å². The molecule has 0 saturated heterocycles. The zero-order chi connectivity index (χ0) is 20.0. The van der Waals surface area contributed by atoms with Gasteiger partial charge in [-0.05, 0) is 56.0 Å². The van der Waals surface area contributed by atoms with Gasteiger partial charge in [0.1, 0.15) is 0 Å². The summed E-state index contributed by atoms with van der Waals surface area (Å²) in [5.41, 5.74) is 0.906. The van der Waals surface area contributed by atoms with Crippen LogP contribution in [0.15, 0.2) is 59.5 Å². The Morgan fingerprint density at radius 2 is 1.67 bits per heavy atom. The van der Waals surface area contributed by atoms with Crippen LogP contribution in [0.1, 0.15) is 44.0 Å². The van der Waals surface area contributed by atoms with Crippen molar-refractivity contribution >= 4 is 21.6 Å². The number of amides is 1. The van der Waals surface area contributed by atoms with E-state index >= 15 is 0 Å². The van der Waals surface area contributed by atoms with Crippen molar-refractivity contribution in [2.45, 2.75) is 44.6 Å². The van der Waals surface area contributed by atoms with Gasteiger partial charge in [0.15, 0.2) is 0 Å². The van der Waals surface area contributed by atoms with Crippen molar-refractivity contribution in [3.8, 4) is 0 Å². The van der Waals surface area contributed by atoms with Crippen LogP contribution in [0, 0.1) is 5.92 Å². The normalized spacial score (nSPS) is 12.6. The molecule has 1 atom stereocenters. The number of sulfonamides is 1. The number of rotatable bonds is 8. The molecule has 2 rings (SSSR count). The summed E-state index contributed by atoms with van der Waals surface area (Å²) < 4.78 is 27.0. The summed E-state index contributed by atoms with van der Waals surface area (Å²) in [6.45, 7) is 6.25. The van der Waals surface area contributed by atoms with Crippen molar-refractivity contribution in [3.05, 3.63) is 60.2 Å². The van der Waals surface area contributed by atoms with Crippen molar-refractivity contribution in [1.82, 2.24) is 5.32 Å². The van der Waals surface area contributed by atoms with Gasteiger partial charge in [-0.2, -0.15) is 0 Å². The van der Waals surface area contributed by atoms with E-state index in [0.29, 0.717) is 17.2 Å². The zero-order valence-electron chi connectivity index (χ0n) is 16.3. The molecule has 1 amide bonds. The third-order valence-corrected chi connectivity index (χ3v) is 6.21. The third kappa shape index (κ3) is 5.57. The Morgan fingerprint density at radius 3 is 2.30 bits per heavy atom. The summed E-state index contributed by atoms with van der Waals surface area (Å²) in [6, 6.07) is 15.0. The van der Waals surface area contributed by atoms with Crippen molar-refractivity contribution < 1.29 is 13.2 Å². The first-order chi connectivity index (χ1) is 12.7. The summed E-state index contributed by atoms with van der Waals surface area (Å²) >= 11 is 0. The van der Waals surface area contributed by atoms with Gasteiger partial charge in [0.05, 0.1) is 10.6 Å². The highest BCUT2D eigenvalue weighted by atomic mass is 32.2. The van der Waals surface area contributed by atoms with Gasteiger partial charge in [0.25, 0.3) is 15.9 Å². The fourth-order valence-electron chi connectivity index (χ4n) is 2.70. The number of anilines is 1. The van der Waals surface area contributed by atoms with E-state index in [2.05, 4.69) is 19.2 Å². The quantitative estimate of drug-likeness (QED) is 0.741. The van der Waals surface area contributed by atoms with Crippen LogP contribution in [0.4, 0.5) is 5.69 Å². The maximum atomic E-state index is 12.9. The maximum absolute atomic E-state index is 12.9. The molecule has 146 valence electrons. The molecule has 0 aliphatic heterocycles. The molecular weight excluding hydrogens is 360 g/mol. The van der Waals surface area contributed by atoms with Crippen LogP contribution in [0.25, 0.3) is 0 Å². The molecule has 5 nitrogen and oxygen atoms in total. The Hall–Kier alpha value is -2.34. The lowest BCUT2D eigenvalue weighted by Gasteiger charge is -2.20. The Bertz CT molecular complexity index is 864. The average molecular weight is 389 g/mol. The highest BCUT2D eigenvalue weighted by Crippen LogP contribution is 2.22. The van der Waals surface area contributed by atoms with E-state index < -0.39 is 10.0 Å². The van der Waals surface area contributed by atoms with Crippen molar-refractivity contribution in [3.63, 3.8) is 0 Å². The average Bonchev–Trinajstić information content (AvgIpc) is 2.66. The van der Waals surface area contributed by atoms with E-state index in [4.69, 9.17) is 0 Å². The Kier molecular flexibility index (Phi) is 7.02. The Morgan fingerprint density at radius 1 is 1.00 bits per heavy atom. The molecule has 6 heteroatoms. The predicted octanol–water partition coefficient (Wildman–Crippen LogP) is 4.07. The minimum atomic E-state index is -3.74. The standard InChI is InChI=1S/C21H28N2O3S/c1-16(2)13-14-17(3)22-21(24)18-9-8-12-20(15-18)27(25,26)23(4)19-10-6-5-7-11-19/h5-12,15-17H,13-14H2,1-4H3,(H,22,24). The Balaban J connectivity index is 2.17. The number of carbonyl (C=O) groups excluding carboxylic acids is 1. The number of hydrogen-bond donors (Lipinski definition) is 1. The van der Waals surface area contributed by atoms with E-state index in [0.717, 1.165) is 12.8 Å². The van der Waals surface area contributed by atoms with Gasteiger partial charge in [-0.3, -0.25) is 9.10 Å². The highest BCUT2D eigenvalue weighted by molar-refractivity contribution is 7.92. The molecular formula is C21H28N2O3S. The van der Waals surface area contributed by atoms with Gasteiger partial charge in [-0.15, -0.1) is 0 Å². The summed E-state index contributed by atoms with van der Waals surface area (Å²) in [6.07, 6.45) is 1.91. The first-order valence-corrected chi connectivity index (χ1v) is 10.6. The van der Waals surface area contributed by atoms with E-state index in [-0.39, 0.29) is 16.8 Å². The number of hydrogen-bond acceptors (Lipinski definition) is 3. The van der Waals surface area contributed by atoms with Crippen molar-refractivity contribution in [1.29, 1.82) is 0 Å². The SMILES string of the molecule is CC(C)CCC(C)NC(=O)c1cccc(S(=O)(=O)N(C)c2ccccc2)c1. The van der Waals surface area contributed by atoms with E-state index in [1.165, 1.54) is 23.5 Å². The van der Waals surface area contributed by atoms with E-state index in [9.17, 15) is 13.2 Å². The maximum Gasteiger partial charge on any atom is 0.264 e. The summed E-state index contributed by atoms with van der Waals surface area (Å²) in [5.74, 6) is 0.317. The van der Waals surface area contributed by atoms with Gasteiger partial charge >= 0.3 is 0 Å². The molecule has 27 heavy (non-hydrogen) atoms. The molecule has 0 saturated carbocycles. The largest absolute Gasteiger partial charge is 0.350 e. The van der Waals surface area contributed by atoms with Crippen LogP contribution in [0.3, 0.4) is 0 Å². The first kappa shape index (κ1) is 21.0. The molecule has 0 heterocycles. The predicted molar refractivity (Wildman–Crippen MR) is 109 cm³/mol. The minimum absolute atomic E-state index is 0.0344. The van der Waals surface area contributed by atoms with Crippen molar-refractivity contribution in [2.24, 2.45) is 5.92 Å². The fraction of sp³-hybridized carbons (Fsp3) is 0.381. The smallest absolute Gasteiger partial charge is 0.264 e. The van der Waals surface area contributed by atoms with Crippen LogP contribution in [-0.2, 0) is 10.0 Å². The molecule has 1 unspecified atom stereocenters. The van der Waals surface area contributed by atoms with E-state index in [1.807, 2.05) is 13.0 Å². The molecule has 0 bridgehead atoms. The lowest BCUT2D eigenvalue weighted by atomic mass is 10.0. The monoisotopic (exact) mass is 388 g/mol. The van der Waals surface area contributed by atoms with Gasteiger partial charge in [-0.25, -0.2) is 8.42 Å². The molecule has 0 aromatic heterocycles. The molecule has 2 aromatic carbocycles. The molecule has 0 aliphatic rings. The van der Waals surface area contributed by atoms with Gasteiger partial charge in [0, 0.05) is 18.7 Å². The molecule has 2 aromatic rings. The lowest BCUT2D eigenvalue weighted by Crippen LogP contribution is -2.33. The number of nitrogens with one attached hydrogen (secondary N) is 1. The minimum Gasteiger partial charge on any atom is -0.350 e. The van der Waals surface area contributed by atoms with Crippen LogP contribution in [-0.4, -0.2) is 27.4 Å². The fourth-order valence-corrected chi connectivity index (χ4v) is 3.94. The molecule has 0 fully saturated rings. The second-order valence-electron chi connectivity index (χ2n) is 7.18. The molecule has 1 N–H and O–H groups in total. The second kappa shape index (κ2) is 9.04. The second-order valence-corrected chi connectivity index (χ2v) is 9.15. The highest BCUT2D eigenvalue weighted by Gasteiger charge is 2.22. The molecule has 0 radical (unpaired) electrons. The zero-order valence-corrected chi connectivity index (χ0v) is 17.2. The summed E-state index contributed by atoms with van der Waals surface area (Å²) in [4.78, 5) is 12.6. The number of para-hydroxylation sites is 1. The number of nitrogens with zero attached hydrogens (tertiary/aromatic N) is 1. The lowest BCUT2D eigenvalue weighted by molar-refractivity contribution is 0.0937. The molecule has 0 spiro atoms.